The Labute approximate surface area is 110 Å². The second kappa shape index (κ2) is 7.39. The van der Waals surface area contributed by atoms with E-state index in [4.69, 9.17) is 4.74 Å². The number of rotatable bonds is 8. The highest BCUT2D eigenvalue weighted by atomic mass is 16.5. The Morgan fingerprint density at radius 2 is 2.11 bits per heavy atom. The van der Waals surface area contributed by atoms with Crippen molar-refractivity contribution < 1.29 is 9.84 Å². The summed E-state index contributed by atoms with van der Waals surface area (Å²) in [6.07, 6.45) is 0.968. The van der Waals surface area contributed by atoms with Crippen LogP contribution in [0.5, 0.6) is 5.75 Å². The van der Waals surface area contributed by atoms with Gasteiger partial charge in [0.05, 0.1) is 6.61 Å². The molecule has 0 saturated carbocycles. The highest BCUT2D eigenvalue weighted by Gasteiger charge is 2.19. The highest BCUT2D eigenvalue weighted by molar-refractivity contribution is 5.28. The van der Waals surface area contributed by atoms with Gasteiger partial charge in [0.25, 0.3) is 0 Å². The Morgan fingerprint density at radius 1 is 1.33 bits per heavy atom. The fourth-order valence-electron chi connectivity index (χ4n) is 1.71. The zero-order valence-corrected chi connectivity index (χ0v) is 11.7. The van der Waals surface area contributed by atoms with Crippen LogP contribution in [0.1, 0.15) is 32.8 Å². The third-order valence-electron chi connectivity index (χ3n) is 3.33. The molecular formula is C15H25NO2. The molecule has 0 aliphatic heterocycles. The monoisotopic (exact) mass is 251 g/mol. The Balaban J connectivity index is 2.46. The second-order valence-electron chi connectivity index (χ2n) is 5.01. The molecule has 1 rings (SSSR count). The fourth-order valence-corrected chi connectivity index (χ4v) is 1.71. The van der Waals surface area contributed by atoms with Gasteiger partial charge < -0.3 is 15.2 Å². The predicted molar refractivity (Wildman–Crippen MR) is 74.8 cm³/mol. The first kappa shape index (κ1) is 15.0. The van der Waals surface area contributed by atoms with Gasteiger partial charge in [-0.05, 0) is 31.0 Å². The van der Waals surface area contributed by atoms with E-state index in [2.05, 4.69) is 31.3 Å². The van der Waals surface area contributed by atoms with E-state index >= 15 is 0 Å². The number of aliphatic hydroxyl groups is 1. The smallest absolute Gasteiger partial charge is 0.119 e. The van der Waals surface area contributed by atoms with E-state index < -0.39 is 0 Å². The lowest BCUT2D eigenvalue weighted by Gasteiger charge is -2.25. The first-order valence-electron chi connectivity index (χ1n) is 6.67. The van der Waals surface area contributed by atoms with Gasteiger partial charge in [0.15, 0.2) is 0 Å². The Hall–Kier alpha value is -1.06. The van der Waals surface area contributed by atoms with Crippen LogP contribution >= 0.6 is 0 Å². The van der Waals surface area contributed by atoms with Crippen LogP contribution in [0.25, 0.3) is 0 Å². The van der Waals surface area contributed by atoms with Crippen molar-refractivity contribution >= 4 is 0 Å². The van der Waals surface area contributed by atoms with Crippen molar-refractivity contribution in [2.75, 3.05) is 19.8 Å². The average Bonchev–Trinajstić information content (AvgIpc) is 2.39. The van der Waals surface area contributed by atoms with E-state index in [-0.39, 0.29) is 12.0 Å². The van der Waals surface area contributed by atoms with Crippen LogP contribution in [0.3, 0.4) is 0 Å². The van der Waals surface area contributed by atoms with Crippen molar-refractivity contribution in [3.05, 3.63) is 29.8 Å². The molecule has 0 aliphatic carbocycles. The molecule has 1 aromatic rings. The molecule has 102 valence electrons. The summed E-state index contributed by atoms with van der Waals surface area (Å²) in [5.74, 6) is 0.914. The molecule has 1 aromatic carbocycles. The van der Waals surface area contributed by atoms with Crippen LogP contribution in [0, 0.1) is 5.41 Å². The molecule has 0 heterocycles. The number of nitrogens with one attached hydrogen (secondary N) is 1. The zero-order valence-electron chi connectivity index (χ0n) is 11.7. The number of hydrogen-bond donors (Lipinski definition) is 2. The first-order chi connectivity index (χ1) is 8.63. The Bertz CT molecular complexity index is 348. The standard InChI is InChI=1S/C15H25NO2/c1-4-15(3,12-17)11-16-10-13-7-6-8-14(9-13)18-5-2/h6-9,16-17H,4-5,10-12H2,1-3H3. The lowest BCUT2D eigenvalue weighted by atomic mass is 9.88. The zero-order chi connectivity index (χ0) is 13.4. The van der Waals surface area contributed by atoms with Crippen LogP contribution in [0.2, 0.25) is 0 Å². The first-order valence-corrected chi connectivity index (χ1v) is 6.67. The molecule has 0 amide bonds. The molecule has 0 bridgehead atoms. The van der Waals surface area contributed by atoms with Crippen LogP contribution in [0.15, 0.2) is 24.3 Å². The van der Waals surface area contributed by atoms with E-state index in [9.17, 15) is 5.11 Å². The summed E-state index contributed by atoms with van der Waals surface area (Å²) < 4.78 is 5.47. The largest absolute Gasteiger partial charge is 0.494 e. The highest BCUT2D eigenvalue weighted by Crippen LogP contribution is 2.19. The van der Waals surface area contributed by atoms with E-state index in [1.807, 2.05) is 19.1 Å². The number of aliphatic hydroxyl groups excluding tert-OH is 1. The summed E-state index contributed by atoms with van der Waals surface area (Å²) >= 11 is 0. The van der Waals surface area contributed by atoms with Crippen molar-refractivity contribution in [3.8, 4) is 5.75 Å². The average molecular weight is 251 g/mol. The van der Waals surface area contributed by atoms with Crippen molar-refractivity contribution in [1.82, 2.24) is 5.32 Å². The summed E-state index contributed by atoms with van der Waals surface area (Å²) in [6, 6.07) is 8.11. The normalized spacial score (nSPS) is 14.2. The Kier molecular flexibility index (Phi) is 6.16. The van der Waals surface area contributed by atoms with Crippen LogP contribution < -0.4 is 10.1 Å². The van der Waals surface area contributed by atoms with E-state index in [0.717, 1.165) is 25.3 Å². The molecule has 0 fully saturated rings. The topological polar surface area (TPSA) is 41.5 Å². The minimum atomic E-state index is -0.0302. The molecule has 0 radical (unpaired) electrons. The van der Waals surface area contributed by atoms with Crippen molar-refractivity contribution in [3.63, 3.8) is 0 Å². The van der Waals surface area contributed by atoms with E-state index in [1.54, 1.807) is 0 Å². The van der Waals surface area contributed by atoms with Gasteiger partial charge >= 0.3 is 0 Å². The van der Waals surface area contributed by atoms with Crippen LogP contribution in [0.4, 0.5) is 0 Å². The van der Waals surface area contributed by atoms with Gasteiger partial charge in [-0.25, -0.2) is 0 Å². The summed E-state index contributed by atoms with van der Waals surface area (Å²) in [5, 5.41) is 12.7. The van der Waals surface area contributed by atoms with Crippen LogP contribution in [-0.4, -0.2) is 24.9 Å². The minimum absolute atomic E-state index is 0.0302. The maximum Gasteiger partial charge on any atom is 0.119 e. The fraction of sp³-hybridized carbons (Fsp3) is 0.600. The molecular weight excluding hydrogens is 226 g/mol. The number of hydrogen-bond acceptors (Lipinski definition) is 3. The molecule has 2 N–H and O–H groups in total. The Morgan fingerprint density at radius 3 is 2.72 bits per heavy atom. The summed E-state index contributed by atoms with van der Waals surface area (Å²) in [7, 11) is 0. The van der Waals surface area contributed by atoms with Crippen molar-refractivity contribution in [2.45, 2.75) is 33.7 Å². The number of ether oxygens (including phenoxy) is 1. The van der Waals surface area contributed by atoms with Gasteiger partial charge in [0, 0.05) is 25.1 Å². The molecule has 1 atom stereocenters. The van der Waals surface area contributed by atoms with Gasteiger partial charge in [-0.1, -0.05) is 26.0 Å². The SMILES string of the molecule is CCOc1cccc(CNCC(C)(CC)CO)c1. The van der Waals surface area contributed by atoms with Crippen LogP contribution in [-0.2, 0) is 6.54 Å². The summed E-state index contributed by atoms with van der Waals surface area (Å²) in [6.45, 7) is 8.71. The summed E-state index contributed by atoms with van der Waals surface area (Å²) in [4.78, 5) is 0. The van der Waals surface area contributed by atoms with Crippen molar-refractivity contribution in [2.24, 2.45) is 5.41 Å². The molecule has 0 saturated heterocycles. The van der Waals surface area contributed by atoms with Gasteiger partial charge in [-0.15, -0.1) is 0 Å². The maximum absolute atomic E-state index is 9.34. The van der Waals surface area contributed by atoms with E-state index in [1.165, 1.54) is 5.56 Å². The molecule has 0 aliphatic rings. The molecule has 1 unspecified atom stereocenters. The lowest BCUT2D eigenvalue weighted by molar-refractivity contribution is 0.135. The minimum Gasteiger partial charge on any atom is -0.494 e. The third kappa shape index (κ3) is 4.67. The molecule has 3 nitrogen and oxygen atoms in total. The van der Waals surface area contributed by atoms with Crippen molar-refractivity contribution in [1.29, 1.82) is 0 Å². The van der Waals surface area contributed by atoms with Gasteiger partial charge in [0.2, 0.25) is 0 Å². The second-order valence-corrected chi connectivity index (χ2v) is 5.01. The van der Waals surface area contributed by atoms with E-state index in [0.29, 0.717) is 6.61 Å². The van der Waals surface area contributed by atoms with Gasteiger partial charge in [-0.3, -0.25) is 0 Å². The quantitative estimate of drug-likeness (QED) is 0.746. The lowest BCUT2D eigenvalue weighted by Crippen LogP contribution is -2.34. The van der Waals surface area contributed by atoms with Gasteiger partial charge in [0.1, 0.15) is 5.75 Å². The van der Waals surface area contributed by atoms with Gasteiger partial charge in [-0.2, -0.15) is 0 Å². The molecule has 3 heteroatoms. The molecule has 0 aromatic heterocycles. The third-order valence-corrected chi connectivity index (χ3v) is 3.33. The number of benzene rings is 1. The molecule has 0 spiro atoms. The molecule has 18 heavy (non-hydrogen) atoms. The predicted octanol–water partition coefficient (Wildman–Crippen LogP) is 2.58. The maximum atomic E-state index is 9.34. The summed E-state index contributed by atoms with van der Waals surface area (Å²) in [5.41, 5.74) is 1.18.